The van der Waals surface area contributed by atoms with Gasteiger partial charge in [-0.25, -0.2) is 0 Å². The van der Waals surface area contributed by atoms with E-state index in [1.54, 1.807) is 6.92 Å². The van der Waals surface area contributed by atoms with Crippen LogP contribution in [0.2, 0.25) is 0 Å². The molecule has 4 nitrogen and oxygen atoms in total. The fraction of sp³-hybridized carbons (Fsp3) is 1.00. The normalized spacial score (nSPS) is 52.6. The highest BCUT2D eigenvalue weighted by molar-refractivity contribution is 4.94. The molecular weight excluding hydrogens is 144 g/mol. The van der Waals surface area contributed by atoms with Crippen molar-refractivity contribution in [3.8, 4) is 0 Å². The highest BCUT2D eigenvalue weighted by Gasteiger charge is 2.37. The third-order valence-corrected chi connectivity index (χ3v) is 2.50. The number of aliphatic hydroxyl groups is 2. The largest absolute Gasteiger partial charge is 0.391 e. The van der Waals surface area contributed by atoms with Crippen molar-refractivity contribution in [3.63, 3.8) is 0 Å². The summed E-state index contributed by atoms with van der Waals surface area (Å²) in [4.78, 5) is 0. The van der Waals surface area contributed by atoms with Gasteiger partial charge in [0.25, 0.3) is 0 Å². The standard InChI is InChI=1S/C7H16N2O2/c1-3-6(10)4(8)2-5(9)7(3)11/h3-7,10-11H,2,8-9H2,1H3. The van der Waals surface area contributed by atoms with Crippen LogP contribution in [0.3, 0.4) is 0 Å². The first-order valence-corrected chi connectivity index (χ1v) is 3.91. The van der Waals surface area contributed by atoms with E-state index in [1.165, 1.54) is 0 Å². The molecule has 0 radical (unpaired) electrons. The van der Waals surface area contributed by atoms with Gasteiger partial charge in [0.15, 0.2) is 0 Å². The summed E-state index contributed by atoms with van der Waals surface area (Å²) >= 11 is 0. The quantitative estimate of drug-likeness (QED) is 0.343. The molecule has 6 N–H and O–H groups in total. The molecule has 0 aliphatic heterocycles. The molecule has 0 aromatic carbocycles. The SMILES string of the molecule is CC1C(O)C(N)CC(N)C1O. The lowest BCUT2D eigenvalue weighted by Crippen LogP contribution is -2.57. The highest BCUT2D eigenvalue weighted by Crippen LogP contribution is 2.22. The minimum Gasteiger partial charge on any atom is -0.391 e. The summed E-state index contributed by atoms with van der Waals surface area (Å²) in [6, 6.07) is -0.577. The van der Waals surface area contributed by atoms with Gasteiger partial charge in [-0.1, -0.05) is 6.92 Å². The summed E-state index contributed by atoms with van der Waals surface area (Å²) < 4.78 is 0. The van der Waals surface area contributed by atoms with Crippen molar-refractivity contribution in [1.29, 1.82) is 0 Å². The summed E-state index contributed by atoms with van der Waals surface area (Å²) in [7, 11) is 0. The second-order valence-corrected chi connectivity index (χ2v) is 3.40. The van der Waals surface area contributed by atoms with E-state index < -0.39 is 12.2 Å². The van der Waals surface area contributed by atoms with Gasteiger partial charge in [-0.05, 0) is 6.42 Å². The van der Waals surface area contributed by atoms with Gasteiger partial charge in [0.1, 0.15) is 0 Å². The average Bonchev–Trinajstić information content (AvgIpc) is 1.97. The maximum absolute atomic E-state index is 9.39. The van der Waals surface area contributed by atoms with Gasteiger partial charge >= 0.3 is 0 Å². The van der Waals surface area contributed by atoms with Crippen LogP contribution in [0.1, 0.15) is 13.3 Å². The van der Waals surface area contributed by atoms with Crippen LogP contribution in [0, 0.1) is 5.92 Å². The maximum Gasteiger partial charge on any atom is 0.0742 e. The summed E-state index contributed by atoms with van der Waals surface area (Å²) in [5.41, 5.74) is 11.2. The molecule has 4 heteroatoms. The zero-order chi connectivity index (χ0) is 8.59. The second kappa shape index (κ2) is 3.06. The van der Waals surface area contributed by atoms with Crippen LogP contribution in [-0.2, 0) is 0 Å². The van der Waals surface area contributed by atoms with Crippen LogP contribution in [0.5, 0.6) is 0 Å². The van der Waals surface area contributed by atoms with Crippen molar-refractivity contribution >= 4 is 0 Å². The molecule has 0 aromatic heterocycles. The molecule has 0 spiro atoms. The first kappa shape index (κ1) is 8.93. The van der Waals surface area contributed by atoms with Crippen molar-refractivity contribution in [3.05, 3.63) is 0 Å². The molecule has 66 valence electrons. The summed E-state index contributed by atoms with van der Waals surface area (Å²) in [5, 5.41) is 18.8. The number of nitrogens with two attached hydrogens (primary N) is 2. The monoisotopic (exact) mass is 160 g/mol. The van der Waals surface area contributed by atoms with Crippen molar-refractivity contribution in [2.45, 2.75) is 37.6 Å². The first-order chi connectivity index (χ1) is 5.04. The third-order valence-electron chi connectivity index (χ3n) is 2.50. The van der Waals surface area contributed by atoms with Crippen LogP contribution >= 0.6 is 0 Å². The molecule has 4 atom stereocenters. The Morgan fingerprint density at radius 1 is 1.09 bits per heavy atom. The molecule has 1 saturated carbocycles. The fourth-order valence-corrected chi connectivity index (χ4v) is 1.57. The number of aliphatic hydroxyl groups excluding tert-OH is 2. The van der Waals surface area contributed by atoms with Crippen LogP contribution in [0.4, 0.5) is 0 Å². The van der Waals surface area contributed by atoms with Crippen LogP contribution in [0.25, 0.3) is 0 Å². The van der Waals surface area contributed by atoms with E-state index in [0.717, 1.165) is 0 Å². The Bertz CT molecular complexity index is 128. The zero-order valence-corrected chi connectivity index (χ0v) is 6.64. The van der Waals surface area contributed by atoms with E-state index in [1.807, 2.05) is 0 Å². The molecule has 1 rings (SSSR count). The van der Waals surface area contributed by atoms with Gasteiger partial charge in [-0.3, -0.25) is 0 Å². The Balaban J connectivity index is 2.63. The highest BCUT2D eigenvalue weighted by atomic mass is 16.3. The smallest absolute Gasteiger partial charge is 0.0742 e. The number of rotatable bonds is 0. The summed E-state index contributed by atoms with van der Waals surface area (Å²) in [5.74, 6) is -0.214. The molecule has 0 saturated heterocycles. The lowest BCUT2D eigenvalue weighted by atomic mass is 9.79. The predicted octanol–water partition coefficient (Wildman–Crippen LogP) is -1.60. The van der Waals surface area contributed by atoms with Crippen molar-refractivity contribution in [2.75, 3.05) is 0 Å². The lowest BCUT2D eigenvalue weighted by molar-refractivity contribution is -0.0370. The molecule has 1 aliphatic carbocycles. The third kappa shape index (κ3) is 1.54. The minimum absolute atomic E-state index is 0.214. The molecular formula is C7H16N2O2. The van der Waals surface area contributed by atoms with Crippen LogP contribution < -0.4 is 11.5 Å². The van der Waals surface area contributed by atoms with Gasteiger partial charge < -0.3 is 21.7 Å². The van der Waals surface area contributed by atoms with Gasteiger partial charge in [0, 0.05) is 18.0 Å². The Labute approximate surface area is 66.2 Å². The predicted molar refractivity (Wildman–Crippen MR) is 41.7 cm³/mol. The molecule has 11 heavy (non-hydrogen) atoms. The first-order valence-electron chi connectivity index (χ1n) is 3.91. The summed E-state index contributed by atoms with van der Waals surface area (Å²) in [6.07, 6.45) is -0.748. The van der Waals surface area contributed by atoms with Gasteiger partial charge in [0.2, 0.25) is 0 Å². The topological polar surface area (TPSA) is 92.5 Å². The molecule has 0 bridgehead atoms. The lowest BCUT2D eigenvalue weighted by Gasteiger charge is -2.38. The van der Waals surface area contributed by atoms with Crippen molar-refractivity contribution < 1.29 is 10.2 Å². The molecule has 0 amide bonds. The second-order valence-electron chi connectivity index (χ2n) is 3.40. The van der Waals surface area contributed by atoms with E-state index in [2.05, 4.69) is 0 Å². The van der Waals surface area contributed by atoms with Crippen LogP contribution in [0.15, 0.2) is 0 Å². The maximum atomic E-state index is 9.39. The molecule has 0 heterocycles. The van der Waals surface area contributed by atoms with Crippen molar-refractivity contribution in [1.82, 2.24) is 0 Å². The average molecular weight is 160 g/mol. The van der Waals surface area contributed by atoms with E-state index in [9.17, 15) is 10.2 Å². The zero-order valence-electron chi connectivity index (χ0n) is 6.64. The molecule has 4 unspecified atom stereocenters. The van der Waals surface area contributed by atoms with Crippen molar-refractivity contribution in [2.24, 2.45) is 17.4 Å². The number of hydrogen-bond acceptors (Lipinski definition) is 4. The Kier molecular flexibility index (Phi) is 2.49. The number of hydrogen-bond donors (Lipinski definition) is 4. The van der Waals surface area contributed by atoms with Gasteiger partial charge in [0.05, 0.1) is 12.2 Å². The van der Waals surface area contributed by atoms with E-state index in [-0.39, 0.29) is 18.0 Å². The Hall–Kier alpha value is -0.160. The Morgan fingerprint density at radius 3 is 1.82 bits per heavy atom. The van der Waals surface area contributed by atoms with E-state index in [4.69, 9.17) is 11.5 Å². The van der Waals surface area contributed by atoms with Crippen LogP contribution in [-0.4, -0.2) is 34.5 Å². The Morgan fingerprint density at radius 2 is 1.45 bits per heavy atom. The van der Waals surface area contributed by atoms with E-state index in [0.29, 0.717) is 6.42 Å². The molecule has 1 aliphatic rings. The summed E-state index contributed by atoms with van der Waals surface area (Å²) in [6.45, 7) is 1.76. The minimum atomic E-state index is -0.621. The van der Waals surface area contributed by atoms with Gasteiger partial charge in [-0.2, -0.15) is 0 Å². The molecule has 0 aromatic rings. The molecule has 1 fully saturated rings. The fourth-order valence-electron chi connectivity index (χ4n) is 1.57. The van der Waals surface area contributed by atoms with E-state index >= 15 is 0 Å². The van der Waals surface area contributed by atoms with Gasteiger partial charge in [-0.15, -0.1) is 0 Å².